The molecule has 25 heavy (non-hydrogen) atoms. The first-order valence-corrected chi connectivity index (χ1v) is 9.55. The van der Waals surface area contributed by atoms with Crippen LogP contribution >= 0.6 is 11.8 Å². The summed E-state index contributed by atoms with van der Waals surface area (Å²) in [5.41, 5.74) is 0. The third-order valence-electron chi connectivity index (χ3n) is 4.42. The summed E-state index contributed by atoms with van der Waals surface area (Å²) in [6, 6.07) is 3.42. The first-order valence-electron chi connectivity index (χ1n) is 8.56. The topological polar surface area (TPSA) is 70.2 Å². The smallest absolute Gasteiger partial charge is 0.373 e. The average molecular weight is 361 g/mol. The zero-order valence-electron chi connectivity index (χ0n) is 14.4. The molecule has 0 spiro atoms. The lowest BCUT2D eigenvalue weighted by Crippen LogP contribution is -2.12. The van der Waals surface area contributed by atoms with E-state index in [1.54, 1.807) is 23.9 Å². The van der Waals surface area contributed by atoms with Gasteiger partial charge in [0.25, 0.3) is 0 Å². The fourth-order valence-electron chi connectivity index (χ4n) is 3.17. The lowest BCUT2D eigenvalue weighted by Gasteiger charge is -2.21. The van der Waals surface area contributed by atoms with E-state index in [2.05, 4.69) is 26.1 Å². The molecule has 2 aromatic rings. The van der Waals surface area contributed by atoms with Crippen molar-refractivity contribution in [2.24, 2.45) is 0 Å². The molecule has 0 atom stereocenters. The molecule has 1 fully saturated rings. The number of hydrogen-bond donors (Lipinski definition) is 0. The third kappa shape index (κ3) is 4.15. The molecule has 7 heteroatoms. The Morgan fingerprint density at radius 1 is 1.40 bits per heavy atom. The summed E-state index contributed by atoms with van der Waals surface area (Å²) >= 11 is 1.55. The molecule has 6 nitrogen and oxygen atoms in total. The van der Waals surface area contributed by atoms with Crippen LogP contribution in [0.3, 0.4) is 0 Å². The van der Waals surface area contributed by atoms with Gasteiger partial charge in [0, 0.05) is 12.5 Å². The Bertz CT molecular complexity index is 732. The normalized spacial score (nSPS) is 15.2. The largest absolute Gasteiger partial charge is 0.463 e. The number of esters is 1. The second-order valence-electron chi connectivity index (χ2n) is 6.12. The summed E-state index contributed by atoms with van der Waals surface area (Å²) in [6.07, 6.45) is 8.07. The minimum atomic E-state index is -0.467. The number of carbonyl (C=O) groups excluding carboxylic acids is 1. The van der Waals surface area contributed by atoms with Crippen LogP contribution in [-0.2, 0) is 17.0 Å². The number of allylic oxidation sites excluding steroid dienone is 1. The van der Waals surface area contributed by atoms with E-state index in [1.165, 1.54) is 39.2 Å². The summed E-state index contributed by atoms with van der Waals surface area (Å²) < 4.78 is 12.3. The average Bonchev–Trinajstić information content (AvgIpc) is 3.27. The van der Waals surface area contributed by atoms with Crippen molar-refractivity contribution in [3.05, 3.63) is 42.1 Å². The van der Waals surface area contributed by atoms with Crippen LogP contribution < -0.4 is 0 Å². The minimum absolute atomic E-state index is 0.216. The Morgan fingerprint density at radius 2 is 2.20 bits per heavy atom. The fraction of sp³-hybridized carbons (Fsp3) is 0.500. The van der Waals surface area contributed by atoms with Gasteiger partial charge in [0.1, 0.15) is 11.6 Å². The van der Waals surface area contributed by atoms with Crippen LogP contribution in [0.2, 0.25) is 0 Å². The molecule has 0 radical (unpaired) electrons. The van der Waals surface area contributed by atoms with E-state index in [0.717, 1.165) is 11.0 Å². The highest BCUT2D eigenvalue weighted by Gasteiger charge is 2.23. The number of nitrogens with zero attached hydrogens (tertiary/aromatic N) is 3. The van der Waals surface area contributed by atoms with Crippen LogP contribution in [0, 0.1) is 0 Å². The molecule has 2 aromatic heterocycles. The van der Waals surface area contributed by atoms with Gasteiger partial charge in [0.2, 0.25) is 5.76 Å². The lowest BCUT2D eigenvalue weighted by molar-refractivity contribution is 0.0563. The van der Waals surface area contributed by atoms with Gasteiger partial charge in [0.15, 0.2) is 5.16 Å². The number of methoxy groups -OCH3 is 1. The Hall–Kier alpha value is -2.02. The zero-order valence-corrected chi connectivity index (χ0v) is 15.3. The number of rotatable bonds is 7. The van der Waals surface area contributed by atoms with Crippen molar-refractivity contribution in [3.63, 3.8) is 0 Å². The van der Waals surface area contributed by atoms with E-state index in [9.17, 15) is 4.79 Å². The SMILES string of the molecule is C=CCn1c(SCc2ccc(C(=O)OC)o2)nnc1C1CCCCC1. The Kier molecular flexibility index (Phi) is 5.96. The highest BCUT2D eigenvalue weighted by Crippen LogP contribution is 2.33. The van der Waals surface area contributed by atoms with Crippen LogP contribution in [-0.4, -0.2) is 27.8 Å². The van der Waals surface area contributed by atoms with E-state index < -0.39 is 5.97 Å². The predicted octanol–water partition coefficient (Wildman–Crippen LogP) is 4.18. The number of hydrogen-bond acceptors (Lipinski definition) is 6. The quantitative estimate of drug-likeness (QED) is 0.418. The predicted molar refractivity (Wildman–Crippen MR) is 95.7 cm³/mol. The van der Waals surface area contributed by atoms with Gasteiger partial charge in [0.05, 0.1) is 12.9 Å². The van der Waals surface area contributed by atoms with Crippen LogP contribution in [0.15, 0.2) is 34.4 Å². The summed E-state index contributed by atoms with van der Waals surface area (Å²) in [7, 11) is 1.34. The van der Waals surface area contributed by atoms with Crippen molar-refractivity contribution in [1.82, 2.24) is 14.8 Å². The van der Waals surface area contributed by atoms with Crippen LogP contribution in [0.4, 0.5) is 0 Å². The molecule has 1 aliphatic carbocycles. The Labute approximate surface area is 151 Å². The standard InChI is InChI=1S/C18H23N3O3S/c1-3-11-21-16(13-7-5-4-6-8-13)19-20-18(21)25-12-14-9-10-15(24-14)17(22)23-2/h3,9-10,13H,1,4-8,11-12H2,2H3. The summed E-state index contributed by atoms with van der Waals surface area (Å²) in [6.45, 7) is 4.56. The van der Waals surface area contributed by atoms with Crippen LogP contribution in [0.25, 0.3) is 0 Å². The number of aromatic nitrogens is 3. The van der Waals surface area contributed by atoms with Crippen molar-refractivity contribution in [2.45, 2.75) is 55.5 Å². The molecule has 134 valence electrons. The van der Waals surface area contributed by atoms with Crippen molar-refractivity contribution in [1.29, 1.82) is 0 Å². The third-order valence-corrected chi connectivity index (χ3v) is 5.41. The Morgan fingerprint density at radius 3 is 2.92 bits per heavy atom. The minimum Gasteiger partial charge on any atom is -0.463 e. The number of ether oxygens (including phenoxy) is 1. The first kappa shape index (κ1) is 17.8. The molecule has 0 N–H and O–H groups in total. The molecule has 1 aliphatic rings. The van der Waals surface area contributed by atoms with Crippen molar-refractivity contribution in [3.8, 4) is 0 Å². The zero-order chi connectivity index (χ0) is 17.6. The summed E-state index contributed by atoms with van der Waals surface area (Å²) in [5.74, 6) is 2.59. The van der Waals surface area contributed by atoms with E-state index in [0.29, 0.717) is 24.0 Å². The van der Waals surface area contributed by atoms with Crippen molar-refractivity contribution >= 4 is 17.7 Å². The number of carbonyl (C=O) groups is 1. The van der Waals surface area contributed by atoms with Gasteiger partial charge in [-0.15, -0.1) is 16.8 Å². The molecule has 0 saturated heterocycles. The maximum Gasteiger partial charge on any atom is 0.373 e. The maximum atomic E-state index is 11.5. The van der Waals surface area contributed by atoms with Gasteiger partial charge < -0.3 is 13.7 Å². The number of furan rings is 1. The molecule has 2 heterocycles. The van der Waals surface area contributed by atoms with Crippen LogP contribution in [0.1, 0.15) is 60.2 Å². The molecule has 0 unspecified atom stereocenters. The van der Waals surface area contributed by atoms with Gasteiger partial charge in [-0.1, -0.05) is 37.1 Å². The van der Waals surface area contributed by atoms with Crippen LogP contribution in [0.5, 0.6) is 0 Å². The molecule has 0 amide bonds. The fourth-order valence-corrected chi connectivity index (χ4v) is 4.02. The highest BCUT2D eigenvalue weighted by atomic mass is 32.2. The summed E-state index contributed by atoms with van der Waals surface area (Å²) in [4.78, 5) is 11.5. The van der Waals surface area contributed by atoms with Gasteiger partial charge in [-0.2, -0.15) is 0 Å². The van der Waals surface area contributed by atoms with Gasteiger partial charge >= 0.3 is 5.97 Å². The molecular weight excluding hydrogens is 338 g/mol. The second-order valence-corrected chi connectivity index (χ2v) is 7.06. The van der Waals surface area contributed by atoms with E-state index >= 15 is 0 Å². The van der Waals surface area contributed by atoms with Gasteiger partial charge in [-0.3, -0.25) is 0 Å². The molecule has 0 aliphatic heterocycles. The molecule has 0 bridgehead atoms. The molecule has 3 rings (SSSR count). The summed E-state index contributed by atoms with van der Waals surface area (Å²) in [5, 5.41) is 9.69. The van der Waals surface area contributed by atoms with E-state index in [1.807, 2.05) is 6.08 Å². The molecule has 0 aromatic carbocycles. The van der Waals surface area contributed by atoms with E-state index in [-0.39, 0.29) is 5.76 Å². The Balaban J connectivity index is 1.71. The monoisotopic (exact) mass is 361 g/mol. The molecule has 1 saturated carbocycles. The second kappa shape index (κ2) is 8.38. The highest BCUT2D eigenvalue weighted by molar-refractivity contribution is 7.98. The lowest BCUT2D eigenvalue weighted by atomic mass is 9.89. The molecular formula is C18H23N3O3S. The first-order chi connectivity index (χ1) is 12.2. The van der Waals surface area contributed by atoms with Gasteiger partial charge in [-0.05, 0) is 25.0 Å². The van der Waals surface area contributed by atoms with E-state index in [4.69, 9.17) is 4.42 Å². The maximum absolute atomic E-state index is 11.5. The van der Waals surface area contributed by atoms with Crippen molar-refractivity contribution < 1.29 is 13.9 Å². The number of thioether (sulfide) groups is 1. The van der Waals surface area contributed by atoms with Crippen molar-refractivity contribution in [2.75, 3.05) is 7.11 Å². The van der Waals surface area contributed by atoms with Gasteiger partial charge in [-0.25, -0.2) is 4.79 Å².